The summed E-state index contributed by atoms with van der Waals surface area (Å²) < 4.78 is 47.8. The number of hydrogen-bond donors (Lipinski definition) is 1. The molecule has 1 fully saturated rings. The molecular weight excluding hydrogens is 452 g/mol. The Labute approximate surface area is 192 Å². The molecule has 33 heavy (non-hydrogen) atoms. The molecule has 1 aliphatic heterocycles. The highest BCUT2D eigenvalue weighted by Crippen LogP contribution is 2.29. The van der Waals surface area contributed by atoms with Crippen molar-refractivity contribution in [3.8, 4) is 11.5 Å². The molecule has 0 bridgehead atoms. The van der Waals surface area contributed by atoms with Gasteiger partial charge in [-0.2, -0.15) is 4.31 Å². The highest BCUT2D eigenvalue weighted by Gasteiger charge is 2.27. The van der Waals surface area contributed by atoms with Gasteiger partial charge in [0.2, 0.25) is 10.0 Å². The van der Waals surface area contributed by atoms with Crippen LogP contribution in [0.25, 0.3) is 0 Å². The molecule has 1 heterocycles. The van der Waals surface area contributed by atoms with Crippen LogP contribution >= 0.6 is 0 Å². The van der Waals surface area contributed by atoms with Gasteiger partial charge in [-0.3, -0.25) is 4.79 Å². The van der Waals surface area contributed by atoms with Crippen molar-refractivity contribution in [2.24, 2.45) is 0 Å². The zero-order valence-corrected chi connectivity index (χ0v) is 19.4. The topological polar surface area (TPSA) is 120 Å². The predicted molar refractivity (Wildman–Crippen MR) is 119 cm³/mol. The van der Waals surface area contributed by atoms with Gasteiger partial charge < -0.3 is 24.3 Å². The highest BCUT2D eigenvalue weighted by atomic mass is 32.2. The quantitative estimate of drug-likeness (QED) is 0.571. The molecule has 1 N–H and O–H groups in total. The second kappa shape index (κ2) is 10.6. The fourth-order valence-corrected chi connectivity index (χ4v) is 4.71. The Hall–Kier alpha value is -3.15. The molecule has 0 unspecified atom stereocenters. The summed E-state index contributed by atoms with van der Waals surface area (Å²) in [6.07, 6.45) is 0. The Morgan fingerprint density at radius 1 is 1.06 bits per heavy atom. The molecule has 1 amide bonds. The van der Waals surface area contributed by atoms with Gasteiger partial charge in [0.05, 0.1) is 32.3 Å². The Bertz CT molecular complexity index is 1100. The van der Waals surface area contributed by atoms with E-state index in [4.69, 9.17) is 18.9 Å². The number of carbonyl (C=O) groups is 2. The first-order valence-electron chi connectivity index (χ1n) is 10.1. The van der Waals surface area contributed by atoms with Gasteiger partial charge in [0.1, 0.15) is 17.1 Å². The number of morpholine rings is 1. The third-order valence-corrected chi connectivity index (χ3v) is 6.95. The number of benzene rings is 2. The van der Waals surface area contributed by atoms with Crippen LogP contribution in [0.5, 0.6) is 11.5 Å². The maximum Gasteiger partial charge on any atom is 0.346 e. The highest BCUT2D eigenvalue weighted by molar-refractivity contribution is 7.89. The molecule has 2 aromatic carbocycles. The third-order valence-electron chi connectivity index (χ3n) is 5.06. The zero-order chi connectivity index (χ0) is 24.0. The van der Waals surface area contributed by atoms with Gasteiger partial charge in [0.25, 0.3) is 5.91 Å². The SMILES string of the molecule is COc1cccc(OC)c1C(=O)OCC(=O)Nc1cc(S(=O)(=O)N2CCOCC2)ccc1C. The van der Waals surface area contributed by atoms with Crippen molar-refractivity contribution < 1.29 is 37.0 Å². The number of amides is 1. The van der Waals surface area contributed by atoms with Crippen LogP contribution < -0.4 is 14.8 Å². The van der Waals surface area contributed by atoms with Crippen LogP contribution in [0, 0.1) is 6.92 Å². The molecule has 0 radical (unpaired) electrons. The van der Waals surface area contributed by atoms with Crippen LogP contribution in [0.2, 0.25) is 0 Å². The average Bonchev–Trinajstić information content (AvgIpc) is 2.83. The molecule has 0 spiro atoms. The Morgan fingerprint density at radius 3 is 2.30 bits per heavy atom. The van der Waals surface area contributed by atoms with Crippen molar-refractivity contribution >= 4 is 27.6 Å². The summed E-state index contributed by atoms with van der Waals surface area (Å²) in [6, 6.07) is 9.29. The number of ether oxygens (including phenoxy) is 4. The minimum absolute atomic E-state index is 0.0565. The van der Waals surface area contributed by atoms with Crippen molar-refractivity contribution in [3.63, 3.8) is 0 Å². The average molecular weight is 479 g/mol. The van der Waals surface area contributed by atoms with E-state index >= 15 is 0 Å². The predicted octanol–water partition coefficient (Wildman–Crippen LogP) is 1.83. The first kappa shape index (κ1) is 24.5. The molecule has 10 nitrogen and oxygen atoms in total. The first-order chi connectivity index (χ1) is 15.8. The summed E-state index contributed by atoms with van der Waals surface area (Å²) in [5, 5.41) is 2.60. The molecule has 0 saturated carbocycles. The van der Waals surface area contributed by atoms with Gasteiger partial charge in [0.15, 0.2) is 6.61 Å². The van der Waals surface area contributed by atoms with Crippen molar-refractivity contribution in [1.82, 2.24) is 4.31 Å². The molecule has 178 valence electrons. The second-order valence-electron chi connectivity index (χ2n) is 7.16. The second-order valence-corrected chi connectivity index (χ2v) is 9.09. The molecule has 2 aromatic rings. The van der Waals surface area contributed by atoms with Crippen molar-refractivity contribution in [3.05, 3.63) is 47.5 Å². The number of carbonyl (C=O) groups excluding carboxylic acids is 2. The normalized spacial score (nSPS) is 14.4. The van der Waals surface area contributed by atoms with Gasteiger partial charge in [-0.05, 0) is 36.8 Å². The van der Waals surface area contributed by atoms with E-state index in [1.807, 2.05) is 0 Å². The summed E-state index contributed by atoms with van der Waals surface area (Å²) in [7, 11) is -0.922. The van der Waals surface area contributed by atoms with Crippen LogP contribution in [0.3, 0.4) is 0 Å². The van der Waals surface area contributed by atoms with Crippen LogP contribution in [-0.2, 0) is 24.3 Å². The molecule has 0 aliphatic carbocycles. The van der Waals surface area contributed by atoms with Gasteiger partial charge in [-0.1, -0.05) is 12.1 Å². The van der Waals surface area contributed by atoms with E-state index < -0.39 is 28.5 Å². The van der Waals surface area contributed by atoms with Gasteiger partial charge in [0, 0.05) is 18.8 Å². The molecule has 3 rings (SSSR count). The summed E-state index contributed by atoms with van der Waals surface area (Å²) in [5.41, 5.74) is 1.02. The van der Waals surface area contributed by atoms with Gasteiger partial charge in [-0.15, -0.1) is 0 Å². The van der Waals surface area contributed by atoms with Gasteiger partial charge >= 0.3 is 5.97 Å². The lowest BCUT2D eigenvalue weighted by Crippen LogP contribution is -2.40. The van der Waals surface area contributed by atoms with E-state index in [0.29, 0.717) is 24.5 Å². The van der Waals surface area contributed by atoms with Crippen LogP contribution in [0.4, 0.5) is 5.69 Å². The summed E-state index contributed by atoms with van der Waals surface area (Å²) in [4.78, 5) is 25.0. The van der Waals surface area contributed by atoms with E-state index in [-0.39, 0.29) is 35.0 Å². The van der Waals surface area contributed by atoms with Gasteiger partial charge in [-0.25, -0.2) is 13.2 Å². The molecular formula is C22H26N2O8S. The number of sulfonamides is 1. The molecule has 1 aliphatic rings. The Morgan fingerprint density at radius 2 is 1.70 bits per heavy atom. The largest absolute Gasteiger partial charge is 0.496 e. The number of hydrogen-bond acceptors (Lipinski definition) is 8. The monoisotopic (exact) mass is 478 g/mol. The van der Waals surface area contributed by atoms with E-state index in [9.17, 15) is 18.0 Å². The van der Waals surface area contributed by atoms with Crippen LogP contribution in [0.15, 0.2) is 41.3 Å². The number of aryl methyl sites for hydroxylation is 1. The number of methoxy groups -OCH3 is 2. The smallest absolute Gasteiger partial charge is 0.346 e. The maximum absolute atomic E-state index is 12.9. The van der Waals surface area contributed by atoms with Crippen molar-refractivity contribution in [1.29, 1.82) is 0 Å². The number of rotatable bonds is 8. The standard InChI is InChI=1S/C22H26N2O8S/c1-15-7-8-16(33(27,28)24-9-11-31-12-10-24)13-17(15)23-20(25)14-32-22(26)21-18(29-2)5-4-6-19(21)30-3/h4-8,13H,9-12,14H2,1-3H3,(H,23,25). The van der Waals surface area contributed by atoms with Crippen LogP contribution in [0.1, 0.15) is 15.9 Å². The third kappa shape index (κ3) is 5.62. The first-order valence-corrected chi connectivity index (χ1v) is 11.6. The molecule has 11 heteroatoms. The lowest BCUT2D eigenvalue weighted by atomic mass is 10.2. The Kier molecular flexibility index (Phi) is 7.90. The number of nitrogens with one attached hydrogen (secondary N) is 1. The van der Waals surface area contributed by atoms with E-state index in [1.165, 1.54) is 30.7 Å². The molecule has 0 atom stereocenters. The van der Waals surface area contributed by atoms with Crippen LogP contribution in [-0.4, -0.2) is 71.7 Å². The zero-order valence-electron chi connectivity index (χ0n) is 18.6. The van der Waals surface area contributed by atoms with Crippen molar-refractivity contribution in [2.45, 2.75) is 11.8 Å². The van der Waals surface area contributed by atoms with E-state index in [1.54, 1.807) is 31.2 Å². The fourth-order valence-electron chi connectivity index (χ4n) is 3.27. The molecule has 0 aromatic heterocycles. The maximum atomic E-state index is 12.9. The van der Waals surface area contributed by atoms with E-state index in [2.05, 4.69) is 5.32 Å². The van der Waals surface area contributed by atoms with Crippen molar-refractivity contribution in [2.75, 3.05) is 52.4 Å². The summed E-state index contributed by atoms with van der Waals surface area (Å²) >= 11 is 0. The van der Waals surface area contributed by atoms with E-state index in [0.717, 1.165) is 0 Å². The minimum atomic E-state index is -3.73. The number of nitrogens with zero attached hydrogens (tertiary/aromatic N) is 1. The fraction of sp³-hybridized carbons (Fsp3) is 0.364. The summed E-state index contributed by atoms with van der Waals surface area (Å²) in [6.45, 7) is 2.33. The number of esters is 1. The minimum Gasteiger partial charge on any atom is -0.496 e. The lowest BCUT2D eigenvalue weighted by molar-refractivity contribution is -0.119. The Balaban J connectivity index is 1.70. The number of anilines is 1. The molecule has 1 saturated heterocycles. The summed E-state index contributed by atoms with van der Waals surface area (Å²) in [5.74, 6) is -0.922. The lowest BCUT2D eigenvalue weighted by Gasteiger charge is -2.26.